The van der Waals surface area contributed by atoms with Gasteiger partial charge >= 0.3 is 0 Å². The Kier molecular flexibility index (Phi) is 5.66. The van der Waals surface area contributed by atoms with Gasteiger partial charge in [-0.25, -0.2) is 0 Å². The van der Waals surface area contributed by atoms with Crippen LogP contribution in [0.2, 0.25) is 10.0 Å². The number of nitrogens with one attached hydrogen (secondary N) is 2. The maximum absolute atomic E-state index is 12.5. The van der Waals surface area contributed by atoms with Crippen LogP contribution in [0.15, 0.2) is 63.7 Å². The molecular formula is C18H11BrCl2N2O3. The highest BCUT2D eigenvalue weighted by atomic mass is 79.9. The van der Waals surface area contributed by atoms with Crippen LogP contribution in [0.5, 0.6) is 0 Å². The smallest absolute Gasteiger partial charge is 0.291 e. The third-order valence-electron chi connectivity index (χ3n) is 3.40. The van der Waals surface area contributed by atoms with Gasteiger partial charge < -0.3 is 15.1 Å². The van der Waals surface area contributed by atoms with Crippen molar-refractivity contribution < 1.29 is 14.0 Å². The zero-order chi connectivity index (χ0) is 18.7. The summed E-state index contributed by atoms with van der Waals surface area (Å²) in [5.41, 5.74) is 1.01. The van der Waals surface area contributed by atoms with E-state index in [1.807, 2.05) is 0 Å². The van der Waals surface area contributed by atoms with Gasteiger partial charge in [-0.05, 0) is 48.5 Å². The van der Waals surface area contributed by atoms with Gasteiger partial charge in [-0.1, -0.05) is 39.1 Å². The first-order valence-electron chi connectivity index (χ1n) is 7.35. The molecule has 0 aliphatic carbocycles. The van der Waals surface area contributed by atoms with E-state index < -0.39 is 11.8 Å². The monoisotopic (exact) mass is 452 g/mol. The van der Waals surface area contributed by atoms with Crippen molar-refractivity contribution in [3.05, 3.63) is 80.6 Å². The molecule has 0 fully saturated rings. The number of carbonyl (C=O) groups is 2. The first-order valence-corrected chi connectivity index (χ1v) is 8.90. The van der Waals surface area contributed by atoms with Crippen molar-refractivity contribution in [2.75, 3.05) is 10.6 Å². The maximum Gasteiger partial charge on any atom is 0.291 e. The van der Waals surface area contributed by atoms with Crippen molar-refractivity contribution in [2.24, 2.45) is 0 Å². The number of halogens is 3. The van der Waals surface area contributed by atoms with E-state index >= 15 is 0 Å². The zero-order valence-electron chi connectivity index (χ0n) is 13.1. The zero-order valence-corrected chi connectivity index (χ0v) is 16.2. The van der Waals surface area contributed by atoms with Crippen LogP contribution >= 0.6 is 39.1 Å². The lowest BCUT2D eigenvalue weighted by atomic mass is 10.2. The average molecular weight is 454 g/mol. The lowest BCUT2D eigenvalue weighted by Gasteiger charge is -2.13. The minimum absolute atomic E-state index is 0.137. The molecule has 132 valence electrons. The van der Waals surface area contributed by atoms with Gasteiger partial charge in [0.1, 0.15) is 0 Å². The van der Waals surface area contributed by atoms with Crippen LogP contribution in [-0.2, 0) is 0 Å². The Labute approximate surface area is 167 Å². The van der Waals surface area contributed by atoms with E-state index in [2.05, 4.69) is 26.6 Å². The number of hydrogen-bond donors (Lipinski definition) is 2. The summed E-state index contributed by atoms with van der Waals surface area (Å²) in [4.78, 5) is 24.7. The van der Waals surface area contributed by atoms with Gasteiger partial charge in [0.25, 0.3) is 11.8 Å². The predicted octanol–water partition coefficient (Wildman–Crippen LogP) is 5.85. The van der Waals surface area contributed by atoms with Gasteiger partial charge in [0.15, 0.2) is 5.76 Å². The second-order valence-electron chi connectivity index (χ2n) is 5.20. The van der Waals surface area contributed by atoms with E-state index in [0.29, 0.717) is 27.0 Å². The van der Waals surface area contributed by atoms with Crippen LogP contribution in [0.3, 0.4) is 0 Å². The van der Waals surface area contributed by atoms with Gasteiger partial charge in [-0.2, -0.15) is 0 Å². The maximum atomic E-state index is 12.5. The molecule has 1 aromatic heterocycles. The van der Waals surface area contributed by atoms with Crippen LogP contribution in [0.1, 0.15) is 20.9 Å². The first kappa shape index (κ1) is 18.5. The molecule has 2 aromatic carbocycles. The second-order valence-corrected chi connectivity index (χ2v) is 6.96. The standard InChI is InChI=1S/C18H11BrCl2N2O3/c19-10-3-5-12(13(21)8-10)17(24)22-14-6-4-11(20)9-15(14)23-18(25)16-2-1-7-26-16/h1-9H,(H,22,24)(H,23,25). The number of furan rings is 1. The molecule has 0 bridgehead atoms. The highest BCUT2D eigenvalue weighted by Crippen LogP contribution is 2.28. The molecule has 8 heteroatoms. The Morgan fingerprint density at radius 3 is 2.38 bits per heavy atom. The van der Waals surface area contributed by atoms with Gasteiger partial charge in [-0.15, -0.1) is 0 Å². The van der Waals surface area contributed by atoms with Crippen molar-refractivity contribution >= 4 is 62.3 Å². The molecule has 0 atom stereocenters. The van der Waals surface area contributed by atoms with E-state index in [1.165, 1.54) is 18.4 Å². The molecule has 5 nitrogen and oxygen atoms in total. The van der Waals surface area contributed by atoms with E-state index in [0.717, 1.165) is 4.47 Å². The van der Waals surface area contributed by atoms with Crippen molar-refractivity contribution in [1.29, 1.82) is 0 Å². The fourth-order valence-electron chi connectivity index (χ4n) is 2.18. The fraction of sp³-hybridized carbons (Fsp3) is 0. The SMILES string of the molecule is O=C(Nc1cc(Cl)ccc1NC(=O)c1ccc(Br)cc1Cl)c1ccco1. The Morgan fingerprint density at radius 1 is 0.923 bits per heavy atom. The summed E-state index contributed by atoms with van der Waals surface area (Å²) in [7, 11) is 0. The lowest BCUT2D eigenvalue weighted by molar-refractivity contribution is 0.0993. The first-order chi connectivity index (χ1) is 12.4. The molecule has 0 unspecified atom stereocenters. The Hall–Kier alpha value is -2.28. The van der Waals surface area contributed by atoms with Crippen LogP contribution in [0, 0.1) is 0 Å². The van der Waals surface area contributed by atoms with Crippen molar-refractivity contribution in [3.63, 3.8) is 0 Å². The summed E-state index contributed by atoms with van der Waals surface area (Å²) < 4.78 is 5.82. The number of benzene rings is 2. The summed E-state index contributed by atoms with van der Waals surface area (Å²) in [6.07, 6.45) is 1.39. The molecule has 3 aromatic rings. The quantitative estimate of drug-likeness (QED) is 0.520. The minimum atomic E-state index is -0.463. The highest BCUT2D eigenvalue weighted by Gasteiger charge is 2.16. The number of rotatable bonds is 4. The molecule has 2 amide bonds. The van der Waals surface area contributed by atoms with Gasteiger partial charge in [0.05, 0.1) is 28.2 Å². The van der Waals surface area contributed by atoms with Crippen LogP contribution < -0.4 is 10.6 Å². The molecule has 0 spiro atoms. The largest absolute Gasteiger partial charge is 0.459 e. The number of anilines is 2. The summed E-state index contributed by atoms with van der Waals surface area (Å²) in [6.45, 7) is 0. The summed E-state index contributed by atoms with van der Waals surface area (Å²) in [6, 6.07) is 12.8. The predicted molar refractivity (Wildman–Crippen MR) is 105 cm³/mol. The molecule has 0 saturated heterocycles. The average Bonchev–Trinajstić information content (AvgIpc) is 3.12. The van der Waals surface area contributed by atoms with E-state index in [1.54, 1.807) is 36.4 Å². The normalized spacial score (nSPS) is 10.4. The molecule has 0 saturated carbocycles. The number of carbonyl (C=O) groups excluding carboxylic acids is 2. The van der Waals surface area contributed by atoms with Gasteiger partial charge in [0.2, 0.25) is 0 Å². The Morgan fingerprint density at radius 2 is 1.69 bits per heavy atom. The van der Waals surface area contributed by atoms with E-state index in [4.69, 9.17) is 27.6 Å². The van der Waals surface area contributed by atoms with Crippen LogP contribution in [-0.4, -0.2) is 11.8 Å². The topological polar surface area (TPSA) is 71.3 Å². The summed E-state index contributed by atoms with van der Waals surface area (Å²) >= 11 is 15.4. The van der Waals surface area contributed by atoms with E-state index in [-0.39, 0.29) is 5.76 Å². The highest BCUT2D eigenvalue weighted by molar-refractivity contribution is 9.10. The lowest BCUT2D eigenvalue weighted by Crippen LogP contribution is -2.16. The van der Waals surface area contributed by atoms with Crippen LogP contribution in [0.25, 0.3) is 0 Å². The Balaban J connectivity index is 1.85. The van der Waals surface area contributed by atoms with Crippen molar-refractivity contribution in [1.82, 2.24) is 0 Å². The van der Waals surface area contributed by atoms with E-state index in [9.17, 15) is 9.59 Å². The molecule has 0 aliphatic heterocycles. The van der Waals surface area contributed by atoms with Crippen LogP contribution in [0.4, 0.5) is 11.4 Å². The summed E-state index contributed by atoms with van der Waals surface area (Å²) in [5, 5.41) is 6.08. The minimum Gasteiger partial charge on any atom is -0.459 e. The van der Waals surface area contributed by atoms with Crippen molar-refractivity contribution in [2.45, 2.75) is 0 Å². The molecular weight excluding hydrogens is 443 g/mol. The van der Waals surface area contributed by atoms with Gasteiger partial charge in [-0.3, -0.25) is 9.59 Å². The molecule has 0 radical (unpaired) electrons. The number of amides is 2. The fourth-order valence-corrected chi connectivity index (χ4v) is 3.12. The molecule has 3 rings (SSSR count). The number of hydrogen-bond acceptors (Lipinski definition) is 3. The molecule has 0 aliphatic rings. The summed E-state index contributed by atoms with van der Waals surface area (Å²) in [5.74, 6) is -0.744. The van der Waals surface area contributed by atoms with Crippen molar-refractivity contribution in [3.8, 4) is 0 Å². The third-order valence-corrected chi connectivity index (χ3v) is 4.44. The molecule has 26 heavy (non-hydrogen) atoms. The second kappa shape index (κ2) is 7.95. The Bertz CT molecular complexity index is 975. The molecule has 2 N–H and O–H groups in total. The third kappa shape index (κ3) is 4.27. The molecule has 1 heterocycles. The van der Waals surface area contributed by atoms with Gasteiger partial charge in [0, 0.05) is 9.50 Å².